The summed E-state index contributed by atoms with van der Waals surface area (Å²) in [5, 5.41) is 0. The van der Waals surface area contributed by atoms with Gasteiger partial charge in [0.15, 0.2) is 0 Å². The minimum absolute atomic E-state index is 0.828. The van der Waals surface area contributed by atoms with Crippen molar-refractivity contribution in [3.05, 3.63) is 59.7 Å². The van der Waals surface area contributed by atoms with Crippen LogP contribution in [0.5, 0.6) is 5.75 Å². The number of nitrogens with zero attached hydrogens (tertiary/aromatic N) is 1. The normalized spacial score (nSPS) is 11.4. The molecule has 20 heavy (non-hydrogen) atoms. The summed E-state index contributed by atoms with van der Waals surface area (Å²) in [6, 6.07) is 15.5. The summed E-state index contributed by atoms with van der Waals surface area (Å²) < 4.78 is 7.02. The zero-order valence-electron chi connectivity index (χ0n) is 10.7. The van der Waals surface area contributed by atoms with E-state index in [9.17, 15) is 0 Å². The molecule has 0 saturated carbocycles. The Bertz CT molecular complexity index is 635. The van der Waals surface area contributed by atoms with Crippen molar-refractivity contribution >= 4 is 35.9 Å². The maximum atomic E-state index is 5.92. The molecule has 0 spiro atoms. The van der Waals surface area contributed by atoms with E-state index in [4.69, 9.17) is 24.1 Å². The van der Waals surface area contributed by atoms with E-state index < -0.39 is 13.5 Å². The van der Waals surface area contributed by atoms with Gasteiger partial charge in [0.25, 0.3) is 0 Å². The zero-order valence-corrected chi connectivity index (χ0v) is 14.0. The first kappa shape index (κ1) is 15.4. The fourth-order valence-electron chi connectivity index (χ4n) is 1.61. The van der Waals surface area contributed by atoms with Crippen LogP contribution in [-0.4, -0.2) is 17.9 Å². The molecule has 0 aliphatic carbocycles. The van der Waals surface area contributed by atoms with E-state index in [1.807, 2.05) is 59.4 Å². The molecule has 2 aromatic rings. The average Bonchev–Trinajstić information content (AvgIpc) is 2.46. The Labute approximate surface area is 131 Å². The van der Waals surface area contributed by atoms with Crippen molar-refractivity contribution in [2.45, 2.75) is 0 Å². The summed E-state index contributed by atoms with van der Waals surface area (Å²) in [5.74, 6) is 0.828. The molecule has 2 aromatic carbocycles. The number of rotatable bonds is 4. The third-order valence-electron chi connectivity index (χ3n) is 2.59. The van der Waals surface area contributed by atoms with Crippen LogP contribution in [0.2, 0.25) is 0 Å². The molecule has 0 aromatic heterocycles. The van der Waals surface area contributed by atoms with E-state index in [1.54, 1.807) is 7.11 Å². The molecule has 0 amide bonds. The van der Waals surface area contributed by atoms with Crippen LogP contribution >= 0.6 is 19.4 Å². The maximum absolute atomic E-state index is 5.92. The monoisotopic (exact) mass is 395 g/mol. The summed E-state index contributed by atoms with van der Waals surface area (Å²) in [5.41, 5.74) is 2.84. The second-order valence-electron chi connectivity index (χ2n) is 3.90. The van der Waals surface area contributed by atoms with Crippen molar-refractivity contribution in [3.8, 4) is 5.75 Å². The predicted molar refractivity (Wildman–Crippen MR) is 83.6 cm³/mol. The molecule has 0 fully saturated rings. The number of hydrogen-bond acceptors (Lipinski definition) is 2. The van der Waals surface area contributed by atoms with Gasteiger partial charge in [-0.25, -0.2) is 0 Å². The third-order valence-corrected chi connectivity index (χ3v) is 4.43. The van der Waals surface area contributed by atoms with Gasteiger partial charge in [-0.3, -0.25) is 0 Å². The number of halogens is 2. The molecule has 106 valence electrons. The van der Waals surface area contributed by atoms with Gasteiger partial charge in [-0.1, -0.05) is 0 Å². The van der Waals surface area contributed by atoms with Crippen molar-refractivity contribution in [2.75, 3.05) is 7.11 Å². The fraction of sp³-hybridized carbons (Fsp3) is 0.0667. The van der Waals surface area contributed by atoms with E-state index in [-0.39, 0.29) is 0 Å². The van der Waals surface area contributed by atoms with Crippen LogP contribution in [0.25, 0.3) is 0 Å². The van der Waals surface area contributed by atoms with Gasteiger partial charge in [0.2, 0.25) is 0 Å². The number of methoxy groups -OCH3 is 1. The Kier molecular flexibility index (Phi) is 5.91. The van der Waals surface area contributed by atoms with Crippen molar-refractivity contribution < 1.29 is 18.3 Å². The van der Waals surface area contributed by atoms with E-state index in [0.29, 0.717) is 0 Å². The van der Waals surface area contributed by atoms with Crippen LogP contribution in [0.3, 0.4) is 0 Å². The number of aliphatic imine (C=N–C) groups is 1. The minimum atomic E-state index is -1.85. The van der Waals surface area contributed by atoms with Crippen LogP contribution in [0.15, 0.2) is 53.5 Å². The molecule has 0 unspecified atom stereocenters. The summed E-state index contributed by atoms with van der Waals surface area (Å²) in [4.78, 5) is 4.49. The number of para-hydroxylation sites is 1. The quantitative estimate of drug-likeness (QED) is 0.551. The second-order valence-corrected chi connectivity index (χ2v) is 9.62. The molecule has 0 atom stereocenters. The first-order chi connectivity index (χ1) is 9.69. The second kappa shape index (κ2) is 7.68. The Morgan fingerprint density at radius 3 is 2.40 bits per heavy atom. The number of benzene rings is 2. The Morgan fingerprint density at radius 1 is 1.05 bits per heavy atom. The molecule has 2 nitrogen and oxygen atoms in total. The van der Waals surface area contributed by atoms with E-state index in [1.165, 1.54) is 0 Å². The molecule has 0 bridgehead atoms. The summed E-state index contributed by atoms with van der Waals surface area (Å²) in [6.07, 6.45) is 1.81. The fourth-order valence-corrected chi connectivity index (χ4v) is 3.42. The SMILES string of the molecule is COc1ccc(C=Nc2ccccc2[CH]=[Ru]([Cl])[Cl])cc1. The van der Waals surface area contributed by atoms with Gasteiger partial charge in [-0.15, -0.1) is 0 Å². The number of ether oxygens (including phenoxy) is 1. The number of hydrogen-bond donors (Lipinski definition) is 0. The van der Waals surface area contributed by atoms with Crippen molar-refractivity contribution in [1.82, 2.24) is 0 Å². The van der Waals surface area contributed by atoms with Crippen LogP contribution in [0.1, 0.15) is 11.1 Å². The zero-order chi connectivity index (χ0) is 14.4. The molecular weight excluding hydrogens is 382 g/mol. The molecule has 5 heteroatoms. The van der Waals surface area contributed by atoms with Crippen LogP contribution < -0.4 is 4.74 Å². The molecule has 0 aliphatic heterocycles. The van der Waals surface area contributed by atoms with Gasteiger partial charge in [-0.2, -0.15) is 0 Å². The van der Waals surface area contributed by atoms with Gasteiger partial charge in [-0.05, 0) is 0 Å². The Hall–Kier alpha value is -1.02. The van der Waals surface area contributed by atoms with Crippen LogP contribution in [0.4, 0.5) is 5.69 Å². The third kappa shape index (κ3) is 4.52. The van der Waals surface area contributed by atoms with Crippen LogP contribution in [0, 0.1) is 0 Å². The molecular formula is C15H13Cl2NORu. The average molecular weight is 395 g/mol. The van der Waals surface area contributed by atoms with Crippen molar-refractivity contribution in [2.24, 2.45) is 4.99 Å². The van der Waals surface area contributed by atoms with E-state index in [2.05, 4.69) is 4.99 Å². The summed E-state index contributed by atoms with van der Waals surface area (Å²) >= 11 is -1.85. The molecule has 0 radical (unpaired) electrons. The van der Waals surface area contributed by atoms with Gasteiger partial charge in [0.1, 0.15) is 0 Å². The van der Waals surface area contributed by atoms with E-state index in [0.717, 1.165) is 22.6 Å². The van der Waals surface area contributed by atoms with Gasteiger partial charge >= 0.3 is 132 Å². The van der Waals surface area contributed by atoms with Gasteiger partial charge in [0, 0.05) is 0 Å². The van der Waals surface area contributed by atoms with Crippen molar-refractivity contribution in [1.29, 1.82) is 0 Å². The first-order valence-electron chi connectivity index (χ1n) is 5.79. The van der Waals surface area contributed by atoms with Gasteiger partial charge in [0.05, 0.1) is 0 Å². The van der Waals surface area contributed by atoms with Gasteiger partial charge < -0.3 is 0 Å². The standard InChI is InChI=1S/C15H13NO.2ClH.Ru/c1-12-5-3-4-6-15(12)16-11-13-7-9-14(17-2)10-8-13;;;/h1,3-11H,2H3;2*1H;/q;;;+2/p-2. The topological polar surface area (TPSA) is 21.6 Å². The molecule has 0 aliphatic rings. The Balaban J connectivity index is 2.24. The molecule has 0 N–H and O–H groups in total. The molecule has 2 rings (SSSR count). The Morgan fingerprint density at radius 2 is 1.75 bits per heavy atom. The van der Waals surface area contributed by atoms with E-state index >= 15 is 0 Å². The summed E-state index contributed by atoms with van der Waals surface area (Å²) in [7, 11) is 13.5. The van der Waals surface area contributed by atoms with Crippen molar-refractivity contribution in [3.63, 3.8) is 0 Å². The summed E-state index contributed by atoms with van der Waals surface area (Å²) in [6.45, 7) is 0. The first-order valence-corrected chi connectivity index (χ1v) is 11.3. The molecule has 0 saturated heterocycles. The predicted octanol–water partition coefficient (Wildman–Crippen LogP) is 4.52. The molecule has 0 heterocycles. The van der Waals surface area contributed by atoms with Crippen LogP contribution in [-0.2, 0) is 13.5 Å².